The molecule has 101 heavy (non-hydrogen) atoms. The number of hydrogen-bond acceptors (Lipinski definition) is 18. The van der Waals surface area contributed by atoms with Gasteiger partial charge in [-0.2, -0.15) is 8.78 Å². The maximum atomic E-state index is 16.3. The van der Waals surface area contributed by atoms with Gasteiger partial charge in [0.2, 0.25) is 43.1 Å². The number of nitrogens with one attached hydrogen (secondary N) is 2. The molecule has 1 saturated heterocycles. The molecule has 0 spiro atoms. The number of imide groups is 1. The summed E-state index contributed by atoms with van der Waals surface area (Å²) in [6, 6.07) is 21.2. The van der Waals surface area contributed by atoms with E-state index in [1.807, 2.05) is 60.7 Å². The third-order valence-corrected chi connectivity index (χ3v) is 19.9. The van der Waals surface area contributed by atoms with Crippen LogP contribution in [0.15, 0.2) is 95.8 Å². The molecule has 27 heteroatoms. The van der Waals surface area contributed by atoms with Crippen LogP contribution in [0.25, 0.3) is 16.6 Å². The highest BCUT2D eigenvalue weighted by Crippen LogP contribution is 2.67. The van der Waals surface area contributed by atoms with E-state index in [4.69, 9.17) is 38.5 Å². The molecule has 1 unspecified atom stereocenters. The number of halogens is 2. The number of carbonyl (C=O) groups is 9. The van der Waals surface area contributed by atoms with E-state index in [-0.39, 0.29) is 82.1 Å². The molecular formula is C74H93F2N6O18P. The molecule has 5 amide bonds. The number of Topliss-reactive ketones (excluding diaryl/α,β-unsaturated/α-hetero) is 1. The number of ketones is 2. The normalized spacial score (nSPS) is 17.3. The number of benzene rings is 4. The lowest BCUT2D eigenvalue weighted by Crippen LogP contribution is -2.54. The molecule has 0 radical (unpaired) electrons. The molecule has 24 nitrogen and oxygen atoms in total. The molecule has 0 bridgehead atoms. The molecule has 0 saturated carbocycles. The molecule has 4 heterocycles. The number of nitrogens with two attached hydrogens (primary N) is 1. The number of allylic oxidation sites excluding steroid dienone is 2. The Bertz CT molecular complexity index is 3970. The van der Waals surface area contributed by atoms with Gasteiger partial charge in [0.15, 0.2) is 11.6 Å². The largest absolute Gasteiger partial charge is 0.438 e. The van der Waals surface area contributed by atoms with Gasteiger partial charge in [-0.05, 0) is 170 Å². The van der Waals surface area contributed by atoms with E-state index in [1.54, 1.807) is 20.9 Å². The summed E-state index contributed by atoms with van der Waals surface area (Å²) in [6.45, 7) is 11.4. The first-order valence-electron chi connectivity index (χ1n) is 34.1. The highest BCUT2D eigenvalue weighted by Gasteiger charge is 2.56. The Hall–Kier alpha value is -8.39. The quantitative estimate of drug-likeness (QED) is 0.00838. The van der Waals surface area contributed by atoms with Crippen molar-refractivity contribution in [3.8, 4) is 0 Å². The minimum absolute atomic E-state index is 0.00158. The van der Waals surface area contributed by atoms with Gasteiger partial charge in [-0.1, -0.05) is 72.8 Å². The zero-order valence-corrected chi connectivity index (χ0v) is 59.8. The van der Waals surface area contributed by atoms with Crippen molar-refractivity contribution >= 4 is 82.9 Å². The number of anilines is 1. The van der Waals surface area contributed by atoms with E-state index in [0.29, 0.717) is 66.8 Å². The van der Waals surface area contributed by atoms with Crippen molar-refractivity contribution in [3.05, 3.63) is 140 Å². The van der Waals surface area contributed by atoms with Crippen LogP contribution in [0.2, 0.25) is 0 Å². The van der Waals surface area contributed by atoms with Crippen molar-refractivity contribution in [2.45, 2.75) is 182 Å². The number of alkyl halides is 2. The fourth-order valence-electron chi connectivity index (χ4n) is 12.2. The van der Waals surface area contributed by atoms with Crippen LogP contribution in [0.3, 0.4) is 0 Å². The number of hydrogen-bond donors (Lipinski definition) is 3. The maximum Gasteiger partial charge on any atom is 0.410 e. The number of aryl methyl sites for hydroxylation is 4. The number of rotatable bonds is 36. The second-order valence-electron chi connectivity index (χ2n) is 28.0. The number of esters is 2. The lowest BCUT2D eigenvalue weighted by molar-refractivity contribution is -0.163. The summed E-state index contributed by atoms with van der Waals surface area (Å²) < 4.78 is 86.9. The van der Waals surface area contributed by atoms with Crippen molar-refractivity contribution in [1.29, 1.82) is 0 Å². The zero-order valence-electron chi connectivity index (χ0n) is 58.9. The predicted octanol–water partition coefficient (Wildman–Crippen LogP) is 9.87. The van der Waals surface area contributed by atoms with Gasteiger partial charge in [0.25, 0.3) is 0 Å². The lowest BCUT2D eigenvalue weighted by atomic mass is 9.92. The van der Waals surface area contributed by atoms with Crippen molar-refractivity contribution in [1.82, 2.24) is 19.8 Å². The minimum Gasteiger partial charge on any atom is -0.438 e. The first-order valence-corrected chi connectivity index (χ1v) is 35.7. The van der Waals surface area contributed by atoms with E-state index in [2.05, 4.69) is 10.6 Å². The Kier molecular flexibility index (Phi) is 26.8. The van der Waals surface area contributed by atoms with Crippen LogP contribution in [0.1, 0.15) is 165 Å². The summed E-state index contributed by atoms with van der Waals surface area (Å²) in [5.74, 6) is -5.27. The SMILES string of the molecule is C/C(=C\C(=O)C[C@H]1CCc2cccc3c2N(C1=O)[C@H](C(=O)N[C@@H](CCC(N)=O)[C@@H](C)OCc1ccc(CCCCC(=O)COCCOCCCc2ccc4c(c2)n(C)c(=O)n4C2CCC(=O)NC2=O)cc1)C3)c1ccc(C(F)(F)P(=O)(OCOC(=O)C(C)(C)C)OCOC(=O)C(C)(C)C)cc1. The molecule has 8 rings (SSSR count). The van der Waals surface area contributed by atoms with Gasteiger partial charge in [-0.15, -0.1) is 0 Å². The van der Waals surface area contributed by atoms with E-state index < -0.39 is 115 Å². The van der Waals surface area contributed by atoms with Crippen LogP contribution in [-0.2, 0) is 125 Å². The summed E-state index contributed by atoms with van der Waals surface area (Å²) in [4.78, 5) is 132. The lowest BCUT2D eigenvalue weighted by Gasteiger charge is -2.31. The molecule has 0 aliphatic carbocycles. The number of carbonyl (C=O) groups excluding carboxylic acids is 9. The maximum absolute atomic E-state index is 16.3. The summed E-state index contributed by atoms with van der Waals surface area (Å²) in [5, 5.41) is 5.39. The number of unbranched alkanes of at least 4 members (excludes halogenated alkanes) is 1. The summed E-state index contributed by atoms with van der Waals surface area (Å²) >= 11 is 0. The van der Waals surface area contributed by atoms with Crippen LogP contribution in [-0.4, -0.2) is 120 Å². The third kappa shape index (κ3) is 20.5. The predicted molar refractivity (Wildman–Crippen MR) is 370 cm³/mol. The van der Waals surface area contributed by atoms with E-state index in [0.717, 1.165) is 59.2 Å². The van der Waals surface area contributed by atoms with E-state index >= 15 is 8.78 Å². The number of para-hydroxylation sites is 1. The van der Waals surface area contributed by atoms with Gasteiger partial charge in [0.05, 0.1) is 59.5 Å². The van der Waals surface area contributed by atoms with Gasteiger partial charge in [-0.3, -0.25) is 76.1 Å². The number of aromatic nitrogens is 2. The van der Waals surface area contributed by atoms with Crippen molar-refractivity contribution in [2.75, 3.05) is 44.9 Å². The second kappa shape index (κ2) is 34.5. The van der Waals surface area contributed by atoms with Crippen LogP contribution in [0, 0.1) is 16.7 Å². The van der Waals surface area contributed by atoms with Gasteiger partial charge in [0.1, 0.15) is 18.7 Å². The van der Waals surface area contributed by atoms with Gasteiger partial charge in [0, 0.05) is 57.2 Å². The van der Waals surface area contributed by atoms with Crippen LogP contribution in [0.5, 0.6) is 0 Å². The van der Waals surface area contributed by atoms with Gasteiger partial charge < -0.3 is 34.7 Å². The Balaban J connectivity index is 0.774. The Morgan fingerprint density at radius 3 is 2.04 bits per heavy atom. The highest BCUT2D eigenvalue weighted by molar-refractivity contribution is 7.54. The number of piperidine rings is 1. The molecule has 1 fully saturated rings. The average Bonchev–Trinajstić information content (AvgIpc) is 1.67. The summed E-state index contributed by atoms with van der Waals surface area (Å²) in [5.41, 5.74) is 5.17. The van der Waals surface area contributed by atoms with Gasteiger partial charge >= 0.3 is 30.9 Å². The van der Waals surface area contributed by atoms with Crippen molar-refractivity contribution in [3.63, 3.8) is 0 Å². The monoisotopic (exact) mass is 1420 g/mol. The van der Waals surface area contributed by atoms with Gasteiger partial charge in [-0.25, -0.2) is 4.79 Å². The van der Waals surface area contributed by atoms with E-state index in [1.165, 1.54) is 73.8 Å². The summed E-state index contributed by atoms with van der Waals surface area (Å²) in [6.07, 6.45) is 5.88. The molecule has 5 aromatic rings. The number of primary amides is 1. The molecular weight excluding hydrogens is 1330 g/mol. The number of nitrogens with zero attached hydrogens (tertiary/aromatic N) is 3. The van der Waals surface area contributed by atoms with E-state index in [9.17, 15) is 52.5 Å². The smallest absolute Gasteiger partial charge is 0.410 e. The molecule has 3 aliphatic heterocycles. The van der Waals surface area contributed by atoms with Crippen molar-refractivity contribution in [2.24, 2.45) is 29.5 Å². The average molecular weight is 1420 g/mol. The number of ether oxygens (including phenoxy) is 5. The molecule has 5 atom stereocenters. The molecule has 4 aromatic carbocycles. The molecule has 4 N–H and O–H groups in total. The minimum atomic E-state index is -5.60. The summed E-state index contributed by atoms with van der Waals surface area (Å²) in [7, 11) is -3.94. The third-order valence-electron chi connectivity index (χ3n) is 18.1. The van der Waals surface area contributed by atoms with Crippen LogP contribution >= 0.6 is 7.60 Å². The molecule has 1 aromatic heterocycles. The Morgan fingerprint density at radius 2 is 1.39 bits per heavy atom. The first kappa shape index (κ1) is 78.3. The molecule has 546 valence electrons. The topological polar surface area (TPSA) is 316 Å². The van der Waals surface area contributed by atoms with Crippen LogP contribution in [0.4, 0.5) is 14.5 Å². The Morgan fingerprint density at radius 1 is 0.752 bits per heavy atom. The van der Waals surface area contributed by atoms with Crippen molar-refractivity contribution < 1.29 is 89.2 Å². The standard InChI is InChI=1S/C74H93F2N6O18P/c1-46(51-26-28-55(29-27-51)74(75,76)101(93,99-44-97-69(90)72(3,4)5)100-45-98-70(91)73(6,7)8)38-57(84)40-54-25-24-52-16-12-17-53-41-62(82(65(52)53)68(54)89)67(88)78-58(30-33-63(77)85)47(2)96-42-50-21-19-48(20-22-50)14-10-11-18-56(83)43-95-37-36-94-35-13-15-49-23-31-59-61(39-49)80(9)71(92)81(59)60-32-34-64(86)79-66(60)87/h12,16-17,19-23,26-29,31,38-39,47,54,58,60,62H,10-11,13-15,18,24-25,30,32-37,40-45H2,1-9H3,(H2,77,85)(H,78,88)(H,79,86,87)/b46-38+/t47-,54-,58+,60?,62+/m1/s1. The number of imidazole rings is 1. The number of fused-ring (bicyclic) bond motifs is 1. The number of amides is 5. The first-order chi connectivity index (χ1) is 47.8. The fourth-order valence-corrected chi connectivity index (χ4v) is 13.4. The zero-order chi connectivity index (χ0) is 73.6. The fraction of sp³-hybridized carbons (Fsp3) is 0.514. The highest BCUT2D eigenvalue weighted by atomic mass is 31.2. The molecule has 3 aliphatic rings. The Labute approximate surface area is 586 Å². The van der Waals surface area contributed by atoms with Crippen LogP contribution < -0.4 is 27.0 Å². The second-order valence-corrected chi connectivity index (χ2v) is 30.1.